The van der Waals surface area contributed by atoms with E-state index in [0.717, 1.165) is 17.5 Å². The fraction of sp³-hybridized carbons (Fsp3) is 0.400. The van der Waals surface area contributed by atoms with Crippen LogP contribution in [-0.2, 0) is 28.5 Å². The van der Waals surface area contributed by atoms with Gasteiger partial charge >= 0.3 is 0 Å². The van der Waals surface area contributed by atoms with Crippen molar-refractivity contribution >= 4 is 10.0 Å². The second kappa shape index (κ2) is 7.50. The van der Waals surface area contributed by atoms with Gasteiger partial charge in [0.25, 0.3) is 0 Å². The Morgan fingerprint density at radius 3 is 2.33 bits per heavy atom. The topological polar surface area (TPSA) is 84.9 Å². The SMILES string of the molecule is CCc1ccc(S(=O)(=O)NCC2(O)CCc3cc(OC)c(OC)cc32)cc1. The number of benzene rings is 2. The molecule has 6 nitrogen and oxygen atoms in total. The number of nitrogens with one attached hydrogen (secondary N) is 1. The molecule has 0 amide bonds. The highest BCUT2D eigenvalue weighted by Gasteiger charge is 2.38. The maximum absolute atomic E-state index is 12.6. The molecule has 146 valence electrons. The van der Waals surface area contributed by atoms with E-state index >= 15 is 0 Å². The smallest absolute Gasteiger partial charge is 0.240 e. The maximum atomic E-state index is 12.6. The first-order chi connectivity index (χ1) is 12.8. The van der Waals surface area contributed by atoms with E-state index < -0.39 is 15.6 Å². The average molecular weight is 391 g/mol. The summed E-state index contributed by atoms with van der Waals surface area (Å²) in [4.78, 5) is 0.189. The molecule has 0 spiro atoms. The molecule has 0 saturated heterocycles. The van der Waals surface area contributed by atoms with Gasteiger partial charge in [-0.1, -0.05) is 19.1 Å². The molecule has 2 aromatic rings. The van der Waals surface area contributed by atoms with Crippen LogP contribution in [-0.4, -0.2) is 34.3 Å². The van der Waals surface area contributed by atoms with Crippen LogP contribution in [0.4, 0.5) is 0 Å². The van der Waals surface area contributed by atoms with Gasteiger partial charge in [-0.05, 0) is 60.2 Å². The number of aliphatic hydroxyl groups is 1. The zero-order valence-corrected chi connectivity index (χ0v) is 16.6. The summed E-state index contributed by atoms with van der Waals surface area (Å²) in [5.41, 5.74) is 1.38. The normalized spacial score (nSPS) is 19.0. The second-order valence-corrected chi connectivity index (χ2v) is 8.48. The summed E-state index contributed by atoms with van der Waals surface area (Å²) < 4.78 is 38.4. The Morgan fingerprint density at radius 2 is 1.74 bits per heavy atom. The Morgan fingerprint density at radius 1 is 1.11 bits per heavy atom. The number of hydrogen-bond acceptors (Lipinski definition) is 5. The number of fused-ring (bicyclic) bond motifs is 1. The van der Waals surface area contributed by atoms with Crippen LogP contribution >= 0.6 is 0 Å². The van der Waals surface area contributed by atoms with Crippen molar-refractivity contribution in [3.63, 3.8) is 0 Å². The van der Waals surface area contributed by atoms with E-state index in [0.29, 0.717) is 29.9 Å². The minimum atomic E-state index is -3.71. The van der Waals surface area contributed by atoms with Crippen molar-refractivity contribution in [2.45, 2.75) is 36.7 Å². The molecule has 3 rings (SSSR count). The molecule has 1 atom stereocenters. The van der Waals surface area contributed by atoms with E-state index in [9.17, 15) is 13.5 Å². The van der Waals surface area contributed by atoms with Crippen molar-refractivity contribution in [1.29, 1.82) is 0 Å². The van der Waals surface area contributed by atoms with Crippen LogP contribution in [0.25, 0.3) is 0 Å². The van der Waals surface area contributed by atoms with Crippen molar-refractivity contribution in [3.8, 4) is 11.5 Å². The van der Waals surface area contributed by atoms with Crippen molar-refractivity contribution in [1.82, 2.24) is 4.72 Å². The predicted octanol–water partition coefficient (Wildman–Crippen LogP) is 2.38. The first-order valence-electron chi connectivity index (χ1n) is 8.89. The van der Waals surface area contributed by atoms with Gasteiger partial charge in [-0.2, -0.15) is 0 Å². The van der Waals surface area contributed by atoms with Gasteiger partial charge in [0, 0.05) is 6.54 Å². The lowest BCUT2D eigenvalue weighted by Gasteiger charge is -2.25. The molecule has 0 radical (unpaired) electrons. The highest BCUT2D eigenvalue weighted by atomic mass is 32.2. The van der Waals surface area contributed by atoms with E-state index in [-0.39, 0.29) is 11.4 Å². The third kappa shape index (κ3) is 3.81. The third-order valence-corrected chi connectivity index (χ3v) is 6.53. The Kier molecular flexibility index (Phi) is 5.46. The number of sulfonamides is 1. The molecule has 2 aromatic carbocycles. The molecule has 0 heterocycles. The van der Waals surface area contributed by atoms with Gasteiger partial charge in [0.2, 0.25) is 10.0 Å². The molecule has 1 aliphatic carbocycles. The number of ether oxygens (including phenoxy) is 2. The quantitative estimate of drug-likeness (QED) is 0.757. The third-order valence-electron chi connectivity index (χ3n) is 5.12. The van der Waals surface area contributed by atoms with Crippen LogP contribution in [0.1, 0.15) is 30.0 Å². The van der Waals surface area contributed by atoms with Crippen LogP contribution in [0, 0.1) is 0 Å². The summed E-state index contributed by atoms with van der Waals surface area (Å²) in [6.07, 6.45) is 1.91. The lowest BCUT2D eigenvalue weighted by Crippen LogP contribution is -2.39. The first kappa shape index (κ1) is 19.7. The lowest BCUT2D eigenvalue weighted by atomic mass is 9.96. The van der Waals surface area contributed by atoms with Crippen LogP contribution in [0.2, 0.25) is 0 Å². The van der Waals surface area contributed by atoms with Crippen LogP contribution < -0.4 is 14.2 Å². The summed E-state index contributed by atoms with van der Waals surface area (Å²) in [6.45, 7) is 1.91. The fourth-order valence-electron chi connectivity index (χ4n) is 3.42. The summed E-state index contributed by atoms with van der Waals surface area (Å²) in [6, 6.07) is 10.3. The summed E-state index contributed by atoms with van der Waals surface area (Å²) in [7, 11) is -0.620. The maximum Gasteiger partial charge on any atom is 0.240 e. The van der Waals surface area contributed by atoms with Crippen molar-refractivity contribution < 1.29 is 23.0 Å². The van der Waals surface area contributed by atoms with Gasteiger partial charge in [-0.25, -0.2) is 13.1 Å². The van der Waals surface area contributed by atoms with Crippen LogP contribution in [0.3, 0.4) is 0 Å². The zero-order chi connectivity index (χ0) is 19.7. The number of hydrogen-bond donors (Lipinski definition) is 2. The molecular weight excluding hydrogens is 366 g/mol. The number of aryl methyl sites for hydroxylation is 2. The molecule has 1 aliphatic rings. The average Bonchev–Trinajstić information content (AvgIpc) is 3.02. The molecule has 0 aliphatic heterocycles. The fourth-order valence-corrected chi connectivity index (χ4v) is 4.51. The van der Waals surface area contributed by atoms with Gasteiger partial charge < -0.3 is 14.6 Å². The molecule has 7 heteroatoms. The van der Waals surface area contributed by atoms with E-state index in [1.807, 2.05) is 13.0 Å². The lowest BCUT2D eigenvalue weighted by molar-refractivity contribution is 0.0440. The minimum absolute atomic E-state index is 0.104. The van der Waals surface area contributed by atoms with Crippen LogP contribution in [0.15, 0.2) is 41.3 Å². The Bertz CT molecular complexity index is 924. The van der Waals surface area contributed by atoms with E-state index in [1.165, 1.54) is 7.11 Å². The van der Waals surface area contributed by atoms with Gasteiger partial charge in [0.15, 0.2) is 11.5 Å². The molecular formula is C20H25NO5S. The standard InChI is InChI=1S/C20H25NO5S/c1-4-14-5-7-16(8-6-14)27(23,24)21-13-20(22)10-9-15-11-18(25-2)19(26-3)12-17(15)20/h5-8,11-12,21-22H,4,9-10,13H2,1-3H3. The Balaban J connectivity index is 1.82. The van der Waals surface area contributed by atoms with Crippen molar-refractivity contribution in [2.75, 3.05) is 20.8 Å². The van der Waals surface area contributed by atoms with Gasteiger partial charge in [0.05, 0.1) is 19.1 Å². The number of rotatable bonds is 7. The Labute approximate surface area is 160 Å². The van der Waals surface area contributed by atoms with Crippen molar-refractivity contribution in [2.24, 2.45) is 0 Å². The minimum Gasteiger partial charge on any atom is -0.493 e. The zero-order valence-electron chi connectivity index (χ0n) is 15.8. The summed E-state index contributed by atoms with van der Waals surface area (Å²) in [5, 5.41) is 11.1. The summed E-state index contributed by atoms with van der Waals surface area (Å²) >= 11 is 0. The van der Waals surface area contributed by atoms with Gasteiger partial charge in [-0.3, -0.25) is 0 Å². The molecule has 0 fully saturated rings. The van der Waals surface area contributed by atoms with E-state index in [2.05, 4.69) is 4.72 Å². The number of methoxy groups -OCH3 is 2. The van der Waals surface area contributed by atoms with Crippen molar-refractivity contribution in [3.05, 3.63) is 53.1 Å². The van der Waals surface area contributed by atoms with E-state index in [1.54, 1.807) is 37.4 Å². The summed E-state index contributed by atoms with van der Waals surface area (Å²) in [5.74, 6) is 1.10. The molecule has 0 saturated carbocycles. The predicted molar refractivity (Wildman–Crippen MR) is 103 cm³/mol. The van der Waals surface area contributed by atoms with Gasteiger partial charge in [-0.15, -0.1) is 0 Å². The highest BCUT2D eigenvalue weighted by molar-refractivity contribution is 7.89. The van der Waals surface area contributed by atoms with Gasteiger partial charge in [0.1, 0.15) is 5.60 Å². The van der Waals surface area contributed by atoms with E-state index in [4.69, 9.17) is 9.47 Å². The molecule has 0 aromatic heterocycles. The molecule has 27 heavy (non-hydrogen) atoms. The highest BCUT2D eigenvalue weighted by Crippen LogP contribution is 2.42. The Hall–Kier alpha value is -2.09. The molecule has 1 unspecified atom stereocenters. The molecule has 2 N–H and O–H groups in total. The monoisotopic (exact) mass is 391 g/mol. The largest absolute Gasteiger partial charge is 0.493 e. The second-order valence-electron chi connectivity index (χ2n) is 6.72. The first-order valence-corrected chi connectivity index (χ1v) is 10.4. The van der Waals surface area contributed by atoms with Crippen LogP contribution in [0.5, 0.6) is 11.5 Å². The molecule has 0 bridgehead atoms.